The number of hydrogen-bond acceptors (Lipinski definition) is 4. The second-order valence-electron chi connectivity index (χ2n) is 6.25. The summed E-state index contributed by atoms with van der Waals surface area (Å²) in [6, 6.07) is 17.5. The molecule has 1 N–H and O–H groups in total. The molecule has 2 amide bonds. The number of nitrogens with zero attached hydrogens (tertiary/aromatic N) is 1. The first-order valence-electron chi connectivity index (χ1n) is 8.61. The normalized spacial score (nSPS) is 13.3. The van der Waals surface area contributed by atoms with Crippen LogP contribution >= 0.6 is 23.1 Å². The maximum absolute atomic E-state index is 12.6. The van der Waals surface area contributed by atoms with Crippen LogP contribution in [0, 0.1) is 0 Å². The smallest absolute Gasteiger partial charge is 0.251 e. The van der Waals surface area contributed by atoms with E-state index in [1.54, 1.807) is 16.2 Å². The van der Waals surface area contributed by atoms with Gasteiger partial charge in [0.05, 0.1) is 18.0 Å². The Hall–Kier alpha value is -2.57. The molecular formula is C21H18N2O2S2. The first-order chi connectivity index (χ1) is 13.2. The minimum atomic E-state index is -0.133. The van der Waals surface area contributed by atoms with Crippen molar-refractivity contribution in [1.82, 2.24) is 5.32 Å². The second-order valence-corrected chi connectivity index (χ2v) is 8.05. The van der Waals surface area contributed by atoms with E-state index in [0.29, 0.717) is 24.4 Å². The molecule has 2 aromatic carbocycles. The van der Waals surface area contributed by atoms with E-state index in [4.69, 9.17) is 0 Å². The van der Waals surface area contributed by atoms with Crippen LogP contribution in [-0.4, -0.2) is 17.6 Å². The van der Waals surface area contributed by atoms with Gasteiger partial charge in [-0.3, -0.25) is 9.59 Å². The van der Waals surface area contributed by atoms with Crippen molar-refractivity contribution in [3.05, 3.63) is 82.0 Å². The molecule has 4 nitrogen and oxygen atoms in total. The number of rotatable bonds is 5. The lowest BCUT2D eigenvalue weighted by Crippen LogP contribution is -2.35. The Morgan fingerprint density at radius 1 is 1.07 bits per heavy atom. The molecule has 0 saturated heterocycles. The predicted octanol–water partition coefficient (Wildman–Crippen LogP) is 4.32. The van der Waals surface area contributed by atoms with E-state index in [2.05, 4.69) is 5.32 Å². The van der Waals surface area contributed by atoms with Crippen LogP contribution < -0.4 is 10.2 Å². The number of anilines is 1. The van der Waals surface area contributed by atoms with Crippen LogP contribution in [-0.2, 0) is 17.9 Å². The monoisotopic (exact) mass is 394 g/mol. The van der Waals surface area contributed by atoms with Gasteiger partial charge >= 0.3 is 0 Å². The van der Waals surface area contributed by atoms with Gasteiger partial charge in [0.15, 0.2) is 0 Å². The Labute approximate surface area is 166 Å². The third-order valence-corrected chi connectivity index (χ3v) is 6.16. The topological polar surface area (TPSA) is 49.4 Å². The minimum absolute atomic E-state index is 0.0622. The van der Waals surface area contributed by atoms with Crippen LogP contribution in [0.4, 0.5) is 5.69 Å². The van der Waals surface area contributed by atoms with Crippen molar-refractivity contribution in [2.75, 3.05) is 10.7 Å². The zero-order chi connectivity index (χ0) is 18.6. The van der Waals surface area contributed by atoms with Gasteiger partial charge in [-0.05, 0) is 46.2 Å². The Kier molecular flexibility index (Phi) is 5.27. The molecule has 1 aliphatic rings. The zero-order valence-electron chi connectivity index (χ0n) is 14.6. The summed E-state index contributed by atoms with van der Waals surface area (Å²) in [5.74, 6) is 0.350. The van der Waals surface area contributed by atoms with Gasteiger partial charge in [-0.2, -0.15) is 11.3 Å². The maximum atomic E-state index is 12.6. The lowest BCUT2D eigenvalue weighted by molar-refractivity contribution is -0.116. The first-order valence-corrected chi connectivity index (χ1v) is 10.5. The summed E-state index contributed by atoms with van der Waals surface area (Å²) in [4.78, 5) is 27.9. The van der Waals surface area contributed by atoms with E-state index >= 15 is 0 Å². The molecule has 0 radical (unpaired) electrons. The van der Waals surface area contributed by atoms with Gasteiger partial charge in [0, 0.05) is 17.0 Å². The van der Waals surface area contributed by atoms with Gasteiger partial charge < -0.3 is 10.2 Å². The van der Waals surface area contributed by atoms with Crippen LogP contribution in [0.2, 0.25) is 0 Å². The molecule has 136 valence electrons. The van der Waals surface area contributed by atoms with Crippen LogP contribution in [0.3, 0.4) is 0 Å². The fourth-order valence-electron chi connectivity index (χ4n) is 2.96. The van der Waals surface area contributed by atoms with Crippen LogP contribution in [0.5, 0.6) is 0 Å². The molecule has 6 heteroatoms. The van der Waals surface area contributed by atoms with E-state index in [9.17, 15) is 9.59 Å². The summed E-state index contributed by atoms with van der Waals surface area (Å²) >= 11 is 3.13. The number of amides is 2. The van der Waals surface area contributed by atoms with Crippen molar-refractivity contribution in [2.45, 2.75) is 18.0 Å². The molecule has 0 fully saturated rings. The van der Waals surface area contributed by atoms with Crippen molar-refractivity contribution in [1.29, 1.82) is 0 Å². The summed E-state index contributed by atoms with van der Waals surface area (Å²) in [5.41, 5.74) is 3.53. The molecule has 0 bridgehead atoms. The Balaban J connectivity index is 1.56. The average Bonchev–Trinajstić information content (AvgIpc) is 3.22. The van der Waals surface area contributed by atoms with E-state index in [0.717, 1.165) is 21.7 Å². The van der Waals surface area contributed by atoms with E-state index in [-0.39, 0.29) is 11.8 Å². The summed E-state index contributed by atoms with van der Waals surface area (Å²) < 4.78 is 0. The van der Waals surface area contributed by atoms with Gasteiger partial charge in [-0.15, -0.1) is 11.8 Å². The molecule has 27 heavy (non-hydrogen) atoms. The molecule has 0 atom stereocenters. The van der Waals surface area contributed by atoms with Crippen LogP contribution in [0.15, 0.2) is 70.3 Å². The van der Waals surface area contributed by atoms with Gasteiger partial charge in [0.25, 0.3) is 5.91 Å². The number of fused-ring (bicyclic) bond motifs is 1. The number of thiophene rings is 1. The van der Waals surface area contributed by atoms with Gasteiger partial charge in [-0.25, -0.2) is 0 Å². The van der Waals surface area contributed by atoms with Crippen molar-refractivity contribution < 1.29 is 9.59 Å². The number of carbonyl (C=O) groups excluding carboxylic acids is 2. The highest BCUT2D eigenvalue weighted by Gasteiger charge is 2.26. The third-order valence-electron chi connectivity index (χ3n) is 4.38. The maximum Gasteiger partial charge on any atom is 0.251 e. The zero-order valence-corrected chi connectivity index (χ0v) is 16.2. The molecule has 0 aliphatic carbocycles. The van der Waals surface area contributed by atoms with Crippen molar-refractivity contribution >= 4 is 40.6 Å². The van der Waals surface area contributed by atoms with Crippen molar-refractivity contribution in [3.8, 4) is 0 Å². The number of nitrogens with one attached hydrogen (secondary N) is 1. The van der Waals surface area contributed by atoms with E-state index in [1.807, 2.05) is 65.4 Å². The Morgan fingerprint density at radius 3 is 2.70 bits per heavy atom. The fourth-order valence-corrected chi connectivity index (χ4v) is 4.55. The molecule has 3 aromatic rings. The van der Waals surface area contributed by atoms with E-state index in [1.165, 1.54) is 11.8 Å². The van der Waals surface area contributed by atoms with E-state index < -0.39 is 0 Å². The Morgan fingerprint density at radius 2 is 1.93 bits per heavy atom. The molecule has 4 rings (SSSR count). The van der Waals surface area contributed by atoms with Crippen molar-refractivity contribution in [3.63, 3.8) is 0 Å². The molecule has 0 spiro atoms. The number of thioether (sulfide) groups is 1. The number of hydrogen-bond donors (Lipinski definition) is 1. The molecule has 1 aliphatic heterocycles. The summed E-state index contributed by atoms with van der Waals surface area (Å²) in [6.45, 7) is 1.01. The fraction of sp³-hybridized carbons (Fsp3) is 0.143. The predicted molar refractivity (Wildman–Crippen MR) is 110 cm³/mol. The summed E-state index contributed by atoms with van der Waals surface area (Å²) in [7, 11) is 0. The lowest BCUT2D eigenvalue weighted by Gasteiger charge is -2.29. The first kappa shape index (κ1) is 17.8. The highest BCUT2D eigenvalue weighted by atomic mass is 32.2. The van der Waals surface area contributed by atoms with Gasteiger partial charge in [0.1, 0.15) is 0 Å². The quantitative estimate of drug-likeness (QED) is 0.701. The molecular weight excluding hydrogens is 376 g/mol. The average molecular weight is 395 g/mol. The molecule has 0 saturated carbocycles. The molecule has 0 unspecified atom stereocenters. The molecule has 2 heterocycles. The second kappa shape index (κ2) is 7.98. The van der Waals surface area contributed by atoms with Crippen molar-refractivity contribution in [2.24, 2.45) is 0 Å². The molecule has 1 aromatic heterocycles. The van der Waals surface area contributed by atoms with Crippen LogP contribution in [0.1, 0.15) is 21.5 Å². The van der Waals surface area contributed by atoms with Gasteiger partial charge in [0.2, 0.25) is 5.91 Å². The standard InChI is InChI=1S/C21H18N2O2S2/c24-20-14-27-19-7-6-17(21(25)22-11-16-8-9-26-13-16)10-18(19)23(20)12-15-4-2-1-3-5-15/h1-10,13H,11-12,14H2,(H,22,25). The number of benzene rings is 2. The Bertz CT molecular complexity index is 956. The lowest BCUT2D eigenvalue weighted by atomic mass is 10.1. The SMILES string of the molecule is O=C(NCc1ccsc1)c1ccc2c(c1)N(Cc1ccccc1)C(=O)CS2. The minimum Gasteiger partial charge on any atom is -0.348 e. The van der Waals surface area contributed by atoms with Gasteiger partial charge in [-0.1, -0.05) is 30.3 Å². The summed E-state index contributed by atoms with van der Waals surface area (Å²) in [6.07, 6.45) is 0. The largest absolute Gasteiger partial charge is 0.348 e. The summed E-state index contributed by atoms with van der Waals surface area (Å²) in [5, 5.41) is 6.95. The highest BCUT2D eigenvalue weighted by Crippen LogP contribution is 2.36. The third kappa shape index (κ3) is 4.07. The number of carbonyl (C=O) groups is 2. The highest BCUT2D eigenvalue weighted by molar-refractivity contribution is 8.00. The van der Waals surface area contributed by atoms with Crippen LogP contribution in [0.25, 0.3) is 0 Å².